The Balaban J connectivity index is 1.60. The van der Waals surface area contributed by atoms with Gasteiger partial charge in [0.25, 0.3) is 5.91 Å². The second kappa shape index (κ2) is 7.25. The number of amides is 1. The molecule has 3 heterocycles. The van der Waals surface area contributed by atoms with E-state index in [1.165, 1.54) is 0 Å². The van der Waals surface area contributed by atoms with Gasteiger partial charge in [0.05, 0.1) is 11.3 Å². The van der Waals surface area contributed by atoms with E-state index >= 15 is 0 Å². The first-order valence-corrected chi connectivity index (χ1v) is 9.02. The molecule has 1 fully saturated rings. The van der Waals surface area contributed by atoms with Gasteiger partial charge in [0, 0.05) is 37.1 Å². The first-order chi connectivity index (χ1) is 12.0. The summed E-state index contributed by atoms with van der Waals surface area (Å²) in [7, 11) is 0. The molecule has 2 aromatic rings. The summed E-state index contributed by atoms with van der Waals surface area (Å²) in [5, 5.41) is 11.7. The van der Waals surface area contributed by atoms with E-state index in [0.717, 1.165) is 60.9 Å². The minimum absolute atomic E-state index is 0.154. The lowest BCUT2D eigenvalue weighted by Crippen LogP contribution is -2.42. The predicted molar refractivity (Wildman–Crippen MR) is 98.9 cm³/mol. The standard InChI is InChI=1S/C19H27N5O/c1-5-24-14(3)12-17(15(24)4)19(25)23-10-8-16(9-11-23)20-18-7-6-13(2)21-22-18/h6-7,12,16H,5,8-11H2,1-4H3,(H,20,22). The minimum atomic E-state index is 0.154. The third-order valence-electron chi connectivity index (χ3n) is 5.05. The van der Waals surface area contributed by atoms with Crippen LogP contribution in [0.1, 0.15) is 47.2 Å². The molecule has 0 radical (unpaired) electrons. The molecule has 134 valence electrons. The van der Waals surface area contributed by atoms with Crippen LogP contribution in [0.3, 0.4) is 0 Å². The zero-order chi connectivity index (χ0) is 18.0. The van der Waals surface area contributed by atoms with Crippen molar-refractivity contribution in [3.05, 3.63) is 40.8 Å². The van der Waals surface area contributed by atoms with E-state index < -0.39 is 0 Å². The number of anilines is 1. The van der Waals surface area contributed by atoms with E-state index in [0.29, 0.717) is 6.04 Å². The molecule has 1 N–H and O–H groups in total. The van der Waals surface area contributed by atoms with Crippen molar-refractivity contribution in [2.24, 2.45) is 0 Å². The Bertz CT molecular complexity index is 742. The third kappa shape index (κ3) is 3.67. The Hall–Kier alpha value is -2.37. The van der Waals surface area contributed by atoms with Crippen molar-refractivity contribution in [2.75, 3.05) is 18.4 Å². The van der Waals surface area contributed by atoms with E-state index in [1.54, 1.807) is 0 Å². The number of rotatable bonds is 4. The SMILES string of the molecule is CCn1c(C)cc(C(=O)N2CCC(Nc3ccc(C)nn3)CC2)c1C. The summed E-state index contributed by atoms with van der Waals surface area (Å²) in [4.78, 5) is 14.8. The number of nitrogens with zero attached hydrogens (tertiary/aromatic N) is 4. The molecule has 1 aliphatic heterocycles. The van der Waals surface area contributed by atoms with Gasteiger partial charge in [-0.3, -0.25) is 4.79 Å². The highest BCUT2D eigenvalue weighted by molar-refractivity contribution is 5.95. The number of aromatic nitrogens is 3. The zero-order valence-corrected chi connectivity index (χ0v) is 15.5. The summed E-state index contributed by atoms with van der Waals surface area (Å²) in [6, 6.07) is 6.27. The van der Waals surface area contributed by atoms with Crippen molar-refractivity contribution in [3.8, 4) is 0 Å². The van der Waals surface area contributed by atoms with Crippen molar-refractivity contribution in [2.45, 2.75) is 53.1 Å². The van der Waals surface area contributed by atoms with Gasteiger partial charge in [-0.15, -0.1) is 5.10 Å². The lowest BCUT2D eigenvalue weighted by atomic mass is 10.0. The summed E-state index contributed by atoms with van der Waals surface area (Å²) < 4.78 is 2.19. The van der Waals surface area contributed by atoms with Crippen LogP contribution in [0.4, 0.5) is 5.82 Å². The van der Waals surface area contributed by atoms with Crippen LogP contribution in [-0.2, 0) is 6.54 Å². The molecule has 0 atom stereocenters. The van der Waals surface area contributed by atoms with E-state index in [1.807, 2.05) is 36.9 Å². The van der Waals surface area contributed by atoms with Crippen LogP contribution >= 0.6 is 0 Å². The van der Waals surface area contributed by atoms with Crippen LogP contribution in [0.2, 0.25) is 0 Å². The number of piperidine rings is 1. The van der Waals surface area contributed by atoms with E-state index in [4.69, 9.17) is 0 Å². The van der Waals surface area contributed by atoms with Gasteiger partial charge in [-0.2, -0.15) is 5.10 Å². The molecule has 6 heteroatoms. The summed E-state index contributed by atoms with van der Waals surface area (Å²) in [6.07, 6.45) is 1.85. The summed E-state index contributed by atoms with van der Waals surface area (Å²) >= 11 is 0. The molecule has 0 aromatic carbocycles. The van der Waals surface area contributed by atoms with Crippen molar-refractivity contribution >= 4 is 11.7 Å². The van der Waals surface area contributed by atoms with Crippen LogP contribution < -0.4 is 5.32 Å². The normalized spacial score (nSPS) is 15.4. The van der Waals surface area contributed by atoms with Crippen LogP contribution in [0.15, 0.2) is 18.2 Å². The monoisotopic (exact) mass is 341 g/mol. The Labute approximate surface area is 149 Å². The second-order valence-electron chi connectivity index (χ2n) is 6.80. The molecule has 0 unspecified atom stereocenters. The van der Waals surface area contributed by atoms with Gasteiger partial charge in [0.15, 0.2) is 0 Å². The number of nitrogens with one attached hydrogen (secondary N) is 1. The molecule has 25 heavy (non-hydrogen) atoms. The van der Waals surface area contributed by atoms with E-state index in [9.17, 15) is 4.79 Å². The maximum Gasteiger partial charge on any atom is 0.255 e. The first kappa shape index (κ1) is 17.5. The number of hydrogen-bond donors (Lipinski definition) is 1. The van der Waals surface area contributed by atoms with Crippen molar-refractivity contribution in [3.63, 3.8) is 0 Å². The molecule has 0 saturated carbocycles. The molecule has 1 saturated heterocycles. The number of likely N-dealkylation sites (tertiary alicyclic amines) is 1. The lowest BCUT2D eigenvalue weighted by Gasteiger charge is -2.32. The Kier molecular flexibility index (Phi) is 5.06. The van der Waals surface area contributed by atoms with Crippen LogP contribution in [0, 0.1) is 20.8 Å². The van der Waals surface area contributed by atoms with Gasteiger partial charge in [-0.25, -0.2) is 0 Å². The third-order valence-corrected chi connectivity index (χ3v) is 5.05. The smallest absolute Gasteiger partial charge is 0.255 e. The average molecular weight is 341 g/mol. The number of hydrogen-bond acceptors (Lipinski definition) is 4. The minimum Gasteiger partial charge on any atom is -0.366 e. The van der Waals surface area contributed by atoms with Gasteiger partial charge in [-0.1, -0.05) is 0 Å². The first-order valence-electron chi connectivity index (χ1n) is 9.02. The summed E-state index contributed by atoms with van der Waals surface area (Å²) in [5.74, 6) is 0.961. The molecule has 0 aliphatic carbocycles. The topological polar surface area (TPSA) is 63.1 Å². The van der Waals surface area contributed by atoms with Crippen LogP contribution in [-0.4, -0.2) is 44.7 Å². The van der Waals surface area contributed by atoms with Crippen molar-refractivity contribution < 1.29 is 4.79 Å². The Morgan fingerprint density at radius 1 is 1.20 bits per heavy atom. The highest BCUT2D eigenvalue weighted by Gasteiger charge is 2.26. The van der Waals surface area contributed by atoms with Crippen molar-refractivity contribution in [1.29, 1.82) is 0 Å². The Morgan fingerprint density at radius 3 is 2.48 bits per heavy atom. The van der Waals surface area contributed by atoms with Crippen molar-refractivity contribution in [1.82, 2.24) is 19.7 Å². The fourth-order valence-corrected chi connectivity index (χ4v) is 3.59. The molecular weight excluding hydrogens is 314 g/mol. The van der Waals surface area contributed by atoms with E-state index in [2.05, 4.69) is 33.9 Å². The van der Waals surface area contributed by atoms with Gasteiger partial charge < -0.3 is 14.8 Å². The molecule has 6 nitrogen and oxygen atoms in total. The molecule has 1 aliphatic rings. The predicted octanol–water partition coefficient (Wildman–Crippen LogP) is 2.94. The summed E-state index contributed by atoms with van der Waals surface area (Å²) in [5.41, 5.74) is 3.98. The molecule has 1 amide bonds. The fraction of sp³-hybridized carbons (Fsp3) is 0.526. The van der Waals surface area contributed by atoms with E-state index in [-0.39, 0.29) is 5.91 Å². The van der Waals surface area contributed by atoms with Crippen LogP contribution in [0.25, 0.3) is 0 Å². The fourth-order valence-electron chi connectivity index (χ4n) is 3.59. The maximum absolute atomic E-state index is 12.9. The van der Waals surface area contributed by atoms with Gasteiger partial charge in [0.1, 0.15) is 5.82 Å². The number of carbonyl (C=O) groups excluding carboxylic acids is 1. The zero-order valence-electron chi connectivity index (χ0n) is 15.5. The second-order valence-corrected chi connectivity index (χ2v) is 6.80. The molecular formula is C19H27N5O. The number of aryl methyl sites for hydroxylation is 2. The van der Waals surface area contributed by atoms with Gasteiger partial charge in [-0.05, 0) is 58.7 Å². The largest absolute Gasteiger partial charge is 0.366 e. The van der Waals surface area contributed by atoms with Crippen LogP contribution in [0.5, 0.6) is 0 Å². The molecule has 3 rings (SSSR count). The van der Waals surface area contributed by atoms with Gasteiger partial charge >= 0.3 is 0 Å². The molecule has 0 bridgehead atoms. The van der Waals surface area contributed by atoms with Gasteiger partial charge in [0.2, 0.25) is 0 Å². The average Bonchev–Trinajstić information content (AvgIpc) is 2.91. The highest BCUT2D eigenvalue weighted by atomic mass is 16.2. The number of carbonyl (C=O) groups is 1. The molecule has 2 aromatic heterocycles. The summed E-state index contributed by atoms with van der Waals surface area (Å²) in [6.45, 7) is 10.6. The lowest BCUT2D eigenvalue weighted by molar-refractivity contribution is 0.0717. The maximum atomic E-state index is 12.9. The highest BCUT2D eigenvalue weighted by Crippen LogP contribution is 2.21. The molecule has 0 spiro atoms. The quantitative estimate of drug-likeness (QED) is 0.929. The Morgan fingerprint density at radius 2 is 1.92 bits per heavy atom.